The highest BCUT2D eigenvalue weighted by Crippen LogP contribution is 2.59. The lowest BCUT2D eigenvalue weighted by molar-refractivity contribution is 0.160. The minimum Gasteiger partial charge on any atom is -0.364 e. The number of halogens is 2. The molecule has 0 aromatic heterocycles. The van der Waals surface area contributed by atoms with Crippen LogP contribution in [0.2, 0.25) is 0 Å². The molecular weight excluding hydrogens is 214 g/mol. The highest BCUT2D eigenvalue weighted by molar-refractivity contribution is 7.57. The van der Waals surface area contributed by atoms with E-state index in [0.717, 1.165) is 14.2 Å². The van der Waals surface area contributed by atoms with Crippen molar-refractivity contribution in [1.82, 2.24) is 0 Å². The largest absolute Gasteiger partial charge is 0.378 e. The third kappa shape index (κ3) is 2.31. The molecule has 11 heavy (non-hydrogen) atoms. The molecule has 0 aromatic rings. The van der Waals surface area contributed by atoms with Crippen molar-refractivity contribution in [3.8, 4) is 0 Å². The molecule has 0 aliphatic carbocycles. The smallest absolute Gasteiger partial charge is 0.364 e. The minimum atomic E-state index is -3.70. The fourth-order valence-corrected chi connectivity index (χ4v) is 2.14. The van der Waals surface area contributed by atoms with Crippen molar-refractivity contribution in [1.29, 1.82) is 0 Å². The van der Waals surface area contributed by atoms with Gasteiger partial charge in [0.15, 0.2) is 0 Å². The van der Waals surface area contributed by atoms with Gasteiger partial charge in [0.25, 0.3) is 4.80 Å². The second-order valence-corrected chi connectivity index (χ2v) is 5.34. The predicted octanol–water partition coefficient (Wildman–Crippen LogP) is 1.60. The Labute approximate surface area is 74.9 Å². The fourth-order valence-electron chi connectivity index (χ4n) is 0.427. The Balaban J connectivity index is 4.63. The van der Waals surface area contributed by atoms with Crippen LogP contribution >= 0.6 is 30.8 Å². The summed E-state index contributed by atoms with van der Waals surface area (Å²) in [6, 6.07) is 0. The number of aliphatic hydroxyl groups is 1. The molecule has 0 radical (unpaired) electrons. The number of alkyl halides is 2. The van der Waals surface area contributed by atoms with Crippen molar-refractivity contribution in [3.63, 3.8) is 0 Å². The van der Waals surface area contributed by atoms with Gasteiger partial charge in [-0.15, -0.1) is 11.6 Å². The van der Waals surface area contributed by atoms with Crippen LogP contribution in [0.25, 0.3) is 0 Å². The third-order valence-corrected chi connectivity index (χ3v) is 4.49. The Morgan fingerprint density at radius 3 is 2.00 bits per heavy atom. The second-order valence-electron chi connectivity index (χ2n) is 1.72. The first kappa shape index (κ1) is 11.7. The summed E-state index contributed by atoms with van der Waals surface area (Å²) in [5, 5.41) is 9.16. The average Bonchev–Trinajstić information content (AvgIpc) is 2.02. The topological polar surface area (TPSA) is 55.8 Å². The molecular formula is C4H9Cl2O4P. The van der Waals surface area contributed by atoms with E-state index < -0.39 is 18.3 Å². The monoisotopic (exact) mass is 222 g/mol. The van der Waals surface area contributed by atoms with E-state index in [2.05, 4.69) is 9.05 Å². The van der Waals surface area contributed by atoms with E-state index >= 15 is 0 Å². The molecule has 7 heteroatoms. The van der Waals surface area contributed by atoms with Crippen LogP contribution in [0.3, 0.4) is 0 Å². The van der Waals surface area contributed by atoms with Gasteiger partial charge in [-0.25, -0.2) is 0 Å². The second kappa shape index (κ2) is 4.08. The maximum atomic E-state index is 11.3. The number of hydrogen-bond donors (Lipinski definition) is 1. The highest BCUT2D eigenvalue weighted by Gasteiger charge is 2.46. The molecule has 0 saturated heterocycles. The molecule has 0 bridgehead atoms. The maximum Gasteiger partial charge on any atom is 0.378 e. The first-order valence-electron chi connectivity index (χ1n) is 2.62. The summed E-state index contributed by atoms with van der Waals surface area (Å²) in [5.41, 5.74) is 0. The van der Waals surface area contributed by atoms with Crippen molar-refractivity contribution >= 4 is 30.8 Å². The minimum absolute atomic E-state index is 0.437. The van der Waals surface area contributed by atoms with Crippen molar-refractivity contribution in [2.24, 2.45) is 0 Å². The lowest BCUT2D eigenvalue weighted by Gasteiger charge is -2.24. The zero-order valence-electron chi connectivity index (χ0n) is 6.08. The van der Waals surface area contributed by atoms with Gasteiger partial charge in [0.2, 0.25) is 0 Å². The Kier molecular flexibility index (Phi) is 4.33. The predicted molar refractivity (Wildman–Crippen MR) is 43.1 cm³/mol. The first-order chi connectivity index (χ1) is 4.93. The summed E-state index contributed by atoms with van der Waals surface area (Å²) in [5.74, 6) is -0.437. The molecule has 0 saturated carbocycles. The number of rotatable bonds is 4. The lowest BCUT2D eigenvalue weighted by atomic mass is 10.8. The van der Waals surface area contributed by atoms with Crippen LogP contribution in [0.15, 0.2) is 0 Å². The molecule has 0 fully saturated rings. The van der Waals surface area contributed by atoms with Crippen LogP contribution in [0.1, 0.15) is 0 Å². The van der Waals surface area contributed by atoms with Gasteiger partial charge in [-0.05, 0) is 0 Å². The molecule has 0 aromatic carbocycles. The molecule has 1 N–H and O–H groups in total. The van der Waals surface area contributed by atoms with Crippen LogP contribution in [-0.2, 0) is 13.6 Å². The molecule has 68 valence electrons. The molecule has 1 atom stereocenters. The van der Waals surface area contributed by atoms with Crippen molar-refractivity contribution < 1.29 is 18.7 Å². The fraction of sp³-hybridized carbons (Fsp3) is 1.00. The number of hydrogen-bond acceptors (Lipinski definition) is 4. The summed E-state index contributed by atoms with van der Waals surface area (Å²) in [7, 11) is -1.46. The van der Waals surface area contributed by atoms with E-state index in [9.17, 15) is 4.57 Å². The van der Waals surface area contributed by atoms with Crippen LogP contribution in [0, 0.1) is 0 Å². The van der Waals surface area contributed by atoms with Gasteiger partial charge in [0.1, 0.15) is 0 Å². The molecule has 1 unspecified atom stereocenters. The van der Waals surface area contributed by atoms with E-state index in [1.165, 1.54) is 0 Å². The molecule has 0 amide bonds. The summed E-state index contributed by atoms with van der Waals surface area (Å²) >= 11 is 10.6. The van der Waals surface area contributed by atoms with Gasteiger partial charge in [0.05, 0.1) is 5.88 Å². The Morgan fingerprint density at radius 2 is 1.91 bits per heavy atom. The van der Waals surface area contributed by atoms with Gasteiger partial charge in [-0.1, -0.05) is 11.6 Å². The average molecular weight is 223 g/mol. The van der Waals surface area contributed by atoms with E-state index in [-0.39, 0.29) is 0 Å². The van der Waals surface area contributed by atoms with Crippen LogP contribution < -0.4 is 0 Å². The quantitative estimate of drug-likeness (QED) is 0.580. The van der Waals surface area contributed by atoms with E-state index in [1.54, 1.807) is 0 Å². The zero-order valence-corrected chi connectivity index (χ0v) is 8.49. The molecule has 0 heterocycles. The van der Waals surface area contributed by atoms with Gasteiger partial charge in [-0.3, -0.25) is 4.57 Å². The van der Waals surface area contributed by atoms with Gasteiger partial charge >= 0.3 is 7.60 Å². The van der Waals surface area contributed by atoms with Gasteiger partial charge in [0, 0.05) is 14.2 Å². The van der Waals surface area contributed by atoms with E-state index in [0.29, 0.717) is 0 Å². The van der Waals surface area contributed by atoms with Crippen LogP contribution in [0.4, 0.5) is 0 Å². The standard InChI is InChI=1S/C4H9Cl2O4P/c1-9-11(8,10-2)4(6,7)3-5/h7H,3H2,1-2H3. The van der Waals surface area contributed by atoms with E-state index in [4.69, 9.17) is 28.3 Å². The molecule has 0 aliphatic rings. The Morgan fingerprint density at radius 1 is 1.55 bits per heavy atom. The zero-order chi connectivity index (χ0) is 9.12. The summed E-state index contributed by atoms with van der Waals surface area (Å²) in [4.78, 5) is -2.15. The SMILES string of the molecule is COP(=O)(OC)C(O)(Cl)CCl. The first-order valence-corrected chi connectivity index (χ1v) is 5.08. The Bertz CT molecular complexity index is 163. The van der Waals surface area contributed by atoms with Crippen molar-refractivity contribution in [3.05, 3.63) is 0 Å². The normalized spacial score (nSPS) is 17.9. The molecule has 0 rings (SSSR count). The lowest BCUT2D eigenvalue weighted by Crippen LogP contribution is -2.24. The molecule has 0 aliphatic heterocycles. The molecule has 0 spiro atoms. The summed E-state index contributed by atoms with van der Waals surface area (Å²) in [6.45, 7) is 0. The van der Waals surface area contributed by atoms with Gasteiger partial charge in [-0.2, -0.15) is 0 Å². The van der Waals surface area contributed by atoms with Crippen LogP contribution in [-0.4, -0.2) is 30.0 Å². The maximum absolute atomic E-state index is 11.3. The van der Waals surface area contributed by atoms with Crippen molar-refractivity contribution in [2.45, 2.75) is 4.80 Å². The van der Waals surface area contributed by atoms with Crippen molar-refractivity contribution in [2.75, 3.05) is 20.1 Å². The summed E-state index contributed by atoms with van der Waals surface area (Å²) in [6.07, 6.45) is 0. The Hall–Kier alpha value is 0.690. The van der Waals surface area contributed by atoms with Gasteiger partial charge < -0.3 is 14.2 Å². The van der Waals surface area contributed by atoms with E-state index in [1.807, 2.05) is 0 Å². The molecule has 4 nitrogen and oxygen atoms in total. The summed E-state index contributed by atoms with van der Waals surface area (Å²) < 4.78 is 20.1. The highest BCUT2D eigenvalue weighted by atomic mass is 35.5. The third-order valence-electron chi connectivity index (χ3n) is 1.07. The van der Waals surface area contributed by atoms with Crippen LogP contribution in [0.5, 0.6) is 0 Å².